The Hall–Kier alpha value is -2.11. The summed E-state index contributed by atoms with van der Waals surface area (Å²) in [5.41, 5.74) is 1.52. The lowest BCUT2D eigenvalue weighted by molar-refractivity contribution is 0.167. The lowest BCUT2D eigenvalue weighted by Crippen LogP contribution is -2.36. The fourth-order valence-electron chi connectivity index (χ4n) is 2.06. The van der Waals surface area contributed by atoms with Crippen LogP contribution >= 0.6 is 11.6 Å². The Kier molecular flexibility index (Phi) is 6.38. The molecule has 0 radical (unpaired) electrons. The number of nitrogens with one attached hydrogen (secondary N) is 2. The zero-order valence-electron chi connectivity index (χ0n) is 12.4. The van der Waals surface area contributed by atoms with E-state index in [-0.39, 0.29) is 17.6 Å². The summed E-state index contributed by atoms with van der Waals surface area (Å²) in [6.07, 6.45) is -0.202. The standard InChI is InChI=1S/C17H18ClFN2O2/c18-14-10-12(6-7-15(14)19)11-21-17(23)20-9-8-16(22)13-4-2-1-3-5-13/h1-7,10,16,22H,8-9,11H2,(H2,20,21,23). The number of halogens is 2. The average molecular weight is 337 g/mol. The number of hydrogen-bond donors (Lipinski definition) is 3. The minimum Gasteiger partial charge on any atom is -0.388 e. The van der Waals surface area contributed by atoms with Crippen LogP contribution in [-0.4, -0.2) is 17.7 Å². The molecular formula is C17H18ClFN2O2. The first-order chi connectivity index (χ1) is 11.1. The van der Waals surface area contributed by atoms with Gasteiger partial charge in [0, 0.05) is 13.1 Å². The van der Waals surface area contributed by atoms with E-state index in [1.54, 1.807) is 6.07 Å². The molecule has 0 saturated carbocycles. The fourth-order valence-corrected chi connectivity index (χ4v) is 2.26. The van der Waals surface area contributed by atoms with Crippen LogP contribution in [0.3, 0.4) is 0 Å². The van der Waals surface area contributed by atoms with Crippen LogP contribution < -0.4 is 10.6 Å². The Morgan fingerprint density at radius 3 is 2.61 bits per heavy atom. The molecule has 0 aliphatic heterocycles. The van der Waals surface area contributed by atoms with Crippen molar-refractivity contribution in [2.75, 3.05) is 6.54 Å². The Morgan fingerprint density at radius 2 is 1.91 bits per heavy atom. The van der Waals surface area contributed by atoms with Gasteiger partial charge in [-0.3, -0.25) is 0 Å². The van der Waals surface area contributed by atoms with Crippen LogP contribution in [0.1, 0.15) is 23.7 Å². The normalized spacial score (nSPS) is 11.8. The first kappa shape index (κ1) is 17.2. The number of aliphatic hydroxyl groups is 1. The van der Waals surface area contributed by atoms with Gasteiger partial charge in [0.15, 0.2) is 0 Å². The van der Waals surface area contributed by atoms with Gasteiger partial charge in [0.2, 0.25) is 0 Å². The predicted octanol–water partition coefficient (Wildman–Crippen LogP) is 3.40. The van der Waals surface area contributed by atoms with Crippen LogP contribution in [0.15, 0.2) is 48.5 Å². The summed E-state index contributed by atoms with van der Waals surface area (Å²) in [5.74, 6) is -0.491. The molecule has 0 aromatic heterocycles. The Balaban J connectivity index is 1.70. The van der Waals surface area contributed by atoms with Gasteiger partial charge in [-0.25, -0.2) is 9.18 Å². The smallest absolute Gasteiger partial charge is 0.315 e. The first-order valence-corrected chi connectivity index (χ1v) is 7.62. The zero-order chi connectivity index (χ0) is 16.7. The van der Waals surface area contributed by atoms with E-state index in [2.05, 4.69) is 10.6 Å². The lowest BCUT2D eigenvalue weighted by Gasteiger charge is -2.12. The molecule has 0 heterocycles. The van der Waals surface area contributed by atoms with Crippen molar-refractivity contribution in [1.82, 2.24) is 10.6 Å². The maximum atomic E-state index is 13.0. The second-order valence-corrected chi connectivity index (χ2v) is 5.48. The molecule has 23 heavy (non-hydrogen) atoms. The highest BCUT2D eigenvalue weighted by Crippen LogP contribution is 2.16. The number of urea groups is 1. The average Bonchev–Trinajstić information content (AvgIpc) is 2.56. The van der Waals surface area contributed by atoms with Gasteiger partial charge in [0.05, 0.1) is 11.1 Å². The summed E-state index contributed by atoms with van der Waals surface area (Å²) in [7, 11) is 0. The third kappa shape index (κ3) is 5.54. The quantitative estimate of drug-likeness (QED) is 0.757. The number of hydrogen-bond acceptors (Lipinski definition) is 2. The summed E-state index contributed by atoms with van der Waals surface area (Å²) in [4.78, 5) is 11.7. The number of benzene rings is 2. The minimum atomic E-state index is -0.618. The van der Waals surface area contributed by atoms with E-state index >= 15 is 0 Å². The van der Waals surface area contributed by atoms with Crippen molar-refractivity contribution in [3.05, 3.63) is 70.5 Å². The maximum absolute atomic E-state index is 13.0. The van der Waals surface area contributed by atoms with Crippen molar-refractivity contribution in [3.8, 4) is 0 Å². The van der Waals surface area contributed by atoms with Crippen LogP contribution in [0.25, 0.3) is 0 Å². The predicted molar refractivity (Wildman–Crippen MR) is 87.7 cm³/mol. The molecule has 122 valence electrons. The van der Waals surface area contributed by atoms with E-state index in [4.69, 9.17) is 11.6 Å². The van der Waals surface area contributed by atoms with Crippen LogP contribution in [0, 0.1) is 5.82 Å². The molecule has 2 aromatic carbocycles. The summed E-state index contributed by atoms with van der Waals surface area (Å²) in [6, 6.07) is 13.2. The van der Waals surface area contributed by atoms with Gasteiger partial charge in [0.1, 0.15) is 5.82 Å². The van der Waals surface area contributed by atoms with Crippen molar-refractivity contribution in [2.24, 2.45) is 0 Å². The molecule has 0 bridgehead atoms. The topological polar surface area (TPSA) is 61.4 Å². The highest BCUT2D eigenvalue weighted by Gasteiger charge is 2.08. The number of carbonyl (C=O) groups is 1. The molecule has 0 aliphatic rings. The van der Waals surface area contributed by atoms with E-state index < -0.39 is 11.9 Å². The second-order valence-electron chi connectivity index (χ2n) is 5.07. The van der Waals surface area contributed by atoms with Crippen LogP contribution in [0.2, 0.25) is 5.02 Å². The van der Waals surface area contributed by atoms with Crippen LogP contribution in [0.5, 0.6) is 0 Å². The first-order valence-electron chi connectivity index (χ1n) is 7.25. The fraction of sp³-hybridized carbons (Fsp3) is 0.235. The lowest BCUT2D eigenvalue weighted by atomic mass is 10.1. The van der Waals surface area contributed by atoms with Gasteiger partial charge in [-0.05, 0) is 29.7 Å². The molecule has 2 amide bonds. The highest BCUT2D eigenvalue weighted by atomic mass is 35.5. The van der Waals surface area contributed by atoms with Crippen LogP contribution in [0.4, 0.5) is 9.18 Å². The molecule has 0 aliphatic carbocycles. The maximum Gasteiger partial charge on any atom is 0.315 e. The number of amides is 2. The number of rotatable bonds is 6. The molecule has 3 N–H and O–H groups in total. The summed E-state index contributed by atoms with van der Waals surface area (Å²) >= 11 is 5.67. The van der Waals surface area contributed by atoms with Gasteiger partial charge < -0.3 is 15.7 Å². The van der Waals surface area contributed by atoms with Gasteiger partial charge in [-0.15, -0.1) is 0 Å². The van der Waals surface area contributed by atoms with Crippen LogP contribution in [-0.2, 0) is 6.54 Å². The molecule has 2 aromatic rings. The van der Waals surface area contributed by atoms with Gasteiger partial charge in [-0.1, -0.05) is 48.0 Å². The van der Waals surface area contributed by atoms with Gasteiger partial charge in [-0.2, -0.15) is 0 Å². The molecule has 0 spiro atoms. The third-order valence-corrected chi connectivity index (χ3v) is 3.61. The molecule has 1 atom stereocenters. The Bertz CT molecular complexity index is 652. The molecule has 0 fully saturated rings. The molecule has 0 saturated heterocycles. The van der Waals surface area contributed by atoms with Crippen molar-refractivity contribution >= 4 is 17.6 Å². The highest BCUT2D eigenvalue weighted by molar-refractivity contribution is 6.30. The third-order valence-electron chi connectivity index (χ3n) is 3.32. The summed E-state index contributed by atoms with van der Waals surface area (Å²) in [6.45, 7) is 0.582. The van der Waals surface area contributed by atoms with E-state index in [1.807, 2.05) is 30.3 Å². The van der Waals surface area contributed by atoms with E-state index in [1.165, 1.54) is 12.1 Å². The molecular weight excluding hydrogens is 319 g/mol. The van der Waals surface area contributed by atoms with Gasteiger partial charge >= 0.3 is 6.03 Å². The zero-order valence-corrected chi connectivity index (χ0v) is 13.2. The molecule has 4 nitrogen and oxygen atoms in total. The Morgan fingerprint density at radius 1 is 1.17 bits per heavy atom. The van der Waals surface area contributed by atoms with E-state index in [0.717, 1.165) is 5.56 Å². The summed E-state index contributed by atoms with van der Waals surface area (Å²) < 4.78 is 13.0. The van der Waals surface area contributed by atoms with Crippen molar-refractivity contribution in [2.45, 2.75) is 19.1 Å². The minimum absolute atomic E-state index is 0.0238. The van der Waals surface area contributed by atoms with Gasteiger partial charge in [0.25, 0.3) is 0 Å². The van der Waals surface area contributed by atoms with Crippen molar-refractivity contribution in [1.29, 1.82) is 0 Å². The molecule has 6 heteroatoms. The second kappa shape index (κ2) is 8.50. The van der Waals surface area contributed by atoms with E-state index in [9.17, 15) is 14.3 Å². The van der Waals surface area contributed by atoms with Crippen molar-refractivity contribution in [3.63, 3.8) is 0 Å². The van der Waals surface area contributed by atoms with E-state index in [0.29, 0.717) is 18.5 Å². The monoisotopic (exact) mass is 336 g/mol. The molecule has 1 unspecified atom stereocenters. The largest absolute Gasteiger partial charge is 0.388 e. The summed E-state index contributed by atoms with van der Waals surface area (Å²) in [5, 5.41) is 15.3. The SMILES string of the molecule is O=C(NCCC(O)c1ccccc1)NCc1ccc(F)c(Cl)c1. The molecule has 2 rings (SSSR count). The number of carbonyl (C=O) groups excluding carboxylic acids is 1. The van der Waals surface area contributed by atoms with Crippen molar-refractivity contribution < 1.29 is 14.3 Å². The number of aliphatic hydroxyl groups excluding tert-OH is 1. The Labute approximate surface area is 139 Å².